The van der Waals surface area contributed by atoms with E-state index < -0.39 is 0 Å². The van der Waals surface area contributed by atoms with Crippen molar-refractivity contribution in [2.75, 3.05) is 30.6 Å². The molecule has 0 radical (unpaired) electrons. The first-order valence-corrected chi connectivity index (χ1v) is 7.57. The van der Waals surface area contributed by atoms with E-state index in [-0.39, 0.29) is 0 Å². The summed E-state index contributed by atoms with van der Waals surface area (Å²) < 4.78 is 15.9. The van der Waals surface area contributed by atoms with Crippen LogP contribution in [0, 0.1) is 0 Å². The van der Waals surface area contributed by atoms with Crippen molar-refractivity contribution in [3.8, 4) is 11.5 Å². The van der Waals surface area contributed by atoms with Gasteiger partial charge in [-0.05, 0) is 24.3 Å². The van der Waals surface area contributed by atoms with E-state index in [0.717, 1.165) is 5.76 Å². The predicted octanol–water partition coefficient (Wildman–Crippen LogP) is 3.02. The van der Waals surface area contributed by atoms with E-state index >= 15 is 0 Å². The van der Waals surface area contributed by atoms with E-state index in [2.05, 4.69) is 20.6 Å². The van der Waals surface area contributed by atoms with Crippen molar-refractivity contribution in [3.05, 3.63) is 48.7 Å². The fraction of sp³-hybridized carbons (Fsp3) is 0.176. The maximum atomic E-state index is 6.18. The van der Waals surface area contributed by atoms with Gasteiger partial charge in [-0.2, -0.15) is 0 Å². The smallest absolute Gasteiger partial charge is 0.159 e. The molecule has 0 unspecified atom stereocenters. The molecule has 0 saturated heterocycles. The second-order valence-corrected chi connectivity index (χ2v) is 5.11. The van der Waals surface area contributed by atoms with Gasteiger partial charge in [0.15, 0.2) is 11.6 Å². The molecule has 2 heterocycles. The average Bonchev–Trinajstić information content (AvgIpc) is 3.16. The summed E-state index contributed by atoms with van der Waals surface area (Å²) >= 11 is 0. The molecular weight excluding hydrogens is 322 g/mol. The van der Waals surface area contributed by atoms with Crippen LogP contribution >= 0.6 is 0 Å². The number of nitrogens with zero attached hydrogens (tertiary/aromatic N) is 2. The van der Waals surface area contributed by atoms with Crippen LogP contribution in [0.15, 0.2) is 47.3 Å². The number of hydrogen-bond acceptors (Lipinski definition) is 8. The molecule has 3 rings (SSSR count). The van der Waals surface area contributed by atoms with Gasteiger partial charge in [-0.3, -0.25) is 0 Å². The highest BCUT2D eigenvalue weighted by Crippen LogP contribution is 2.33. The number of furan rings is 1. The Morgan fingerprint density at radius 3 is 2.68 bits per heavy atom. The summed E-state index contributed by atoms with van der Waals surface area (Å²) in [5.41, 5.74) is 7.25. The highest BCUT2D eigenvalue weighted by Gasteiger charge is 2.12. The van der Waals surface area contributed by atoms with E-state index in [1.54, 1.807) is 32.6 Å². The van der Waals surface area contributed by atoms with Gasteiger partial charge in [-0.25, -0.2) is 9.97 Å². The molecule has 0 aliphatic rings. The quantitative estimate of drug-likeness (QED) is 0.602. The predicted molar refractivity (Wildman–Crippen MR) is 95.3 cm³/mol. The first-order chi connectivity index (χ1) is 12.2. The van der Waals surface area contributed by atoms with Gasteiger partial charge in [-0.15, -0.1) is 0 Å². The zero-order valence-electron chi connectivity index (χ0n) is 13.9. The molecule has 0 fully saturated rings. The molecule has 0 atom stereocenters. The van der Waals surface area contributed by atoms with Crippen LogP contribution in [0.5, 0.6) is 11.5 Å². The van der Waals surface area contributed by atoms with Gasteiger partial charge >= 0.3 is 0 Å². The van der Waals surface area contributed by atoms with Gasteiger partial charge in [-0.1, -0.05) is 0 Å². The van der Waals surface area contributed by atoms with E-state index in [4.69, 9.17) is 19.6 Å². The maximum Gasteiger partial charge on any atom is 0.159 e. The van der Waals surface area contributed by atoms with Crippen molar-refractivity contribution >= 4 is 23.0 Å². The highest BCUT2D eigenvalue weighted by atomic mass is 16.5. The van der Waals surface area contributed by atoms with Crippen molar-refractivity contribution in [2.45, 2.75) is 6.54 Å². The van der Waals surface area contributed by atoms with Crippen molar-refractivity contribution in [1.29, 1.82) is 0 Å². The number of nitrogens with one attached hydrogen (secondary N) is 2. The molecule has 0 saturated carbocycles. The molecule has 8 nitrogen and oxygen atoms in total. The fourth-order valence-electron chi connectivity index (χ4n) is 2.26. The Hall–Kier alpha value is -3.42. The van der Waals surface area contributed by atoms with Gasteiger partial charge in [0.2, 0.25) is 0 Å². The summed E-state index contributed by atoms with van der Waals surface area (Å²) in [5.74, 6) is 3.08. The molecule has 0 aliphatic carbocycles. The lowest BCUT2D eigenvalue weighted by atomic mass is 10.2. The Kier molecular flexibility index (Phi) is 4.89. The normalized spacial score (nSPS) is 10.3. The molecule has 0 spiro atoms. The minimum atomic E-state index is 0.388. The zero-order valence-corrected chi connectivity index (χ0v) is 13.9. The van der Waals surface area contributed by atoms with Crippen molar-refractivity contribution in [3.63, 3.8) is 0 Å². The first-order valence-electron chi connectivity index (χ1n) is 7.57. The Morgan fingerprint density at radius 1 is 1.12 bits per heavy atom. The van der Waals surface area contributed by atoms with Crippen molar-refractivity contribution in [1.82, 2.24) is 9.97 Å². The van der Waals surface area contributed by atoms with Gasteiger partial charge in [0.1, 0.15) is 29.3 Å². The van der Waals surface area contributed by atoms with Crippen LogP contribution in [0.1, 0.15) is 5.76 Å². The number of ether oxygens (including phenoxy) is 2. The summed E-state index contributed by atoms with van der Waals surface area (Å²) in [6, 6.07) is 9.10. The Balaban J connectivity index is 1.82. The maximum absolute atomic E-state index is 6.18. The van der Waals surface area contributed by atoms with E-state index in [1.807, 2.05) is 18.2 Å². The third kappa shape index (κ3) is 3.74. The average molecular weight is 341 g/mol. The monoisotopic (exact) mass is 341 g/mol. The summed E-state index contributed by atoms with van der Waals surface area (Å²) in [5, 5.41) is 6.28. The van der Waals surface area contributed by atoms with Gasteiger partial charge in [0, 0.05) is 6.07 Å². The molecule has 8 heteroatoms. The molecule has 130 valence electrons. The Morgan fingerprint density at radius 2 is 1.96 bits per heavy atom. The molecule has 2 aromatic heterocycles. The highest BCUT2D eigenvalue weighted by molar-refractivity contribution is 5.79. The molecule has 0 bridgehead atoms. The number of nitrogen functional groups attached to an aromatic ring is 1. The molecule has 1 aromatic carbocycles. The lowest BCUT2D eigenvalue weighted by Gasteiger charge is -2.15. The van der Waals surface area contributed by atoms with Crippen LogP contribution in [0.3, 0.4) is 0 Å². The van der Waals surface area contributed by atoms with Crippen LogP contribution in [-0.2, 0) is 6.54 Å². The molecule has 3 aromatic rings. The lowest BCUT2D eigenvalue weighted by Crippen LogP contribution is -2.08. The summed E-state index contributed by atoms with van der Waals surface area (Å²) in [6.45, 7) is 0.468. The minimum Gasteiger partial charge on any atom is -0.497 e. The Labute approximate surface area is 145 Å². The van der Waals surface area contributed by atoms with Crippen LogP contribution in [0.2, 0.25) is 0 Å². The van der Waals surface area contributed by atoms with E-state index in [9.17, 15) is 0 Å². The number of nitrogens with two attached hydrogens (primary N) is 1. The third-order valence-corrected chi connectivity index (χ3v) is 3.55. The number of benzene rings is 1. The standard InChI is InChI=1S/C17H19N5O3/c1-23-11-5-6-14(24-2)13(8-11)22-17-15(18)16(20-10-21-17)19-9-12-4-3-7-25-12/h3-8,10H,9,18H2,1-2H3,(H2,19,20,21,22). The third-order valence-electron chi connectivity index (χ3n) is 3.55. The second kappa shape index (κ2) is 7.43. The van der Waals surface area contributed by atoms with Crippen molar-refractivity contribution < 1.29 is 13.9 Å². The first kappa shape index (κ1) is 16.4. The van der Waals surface area contributed by atoms with Gasteiger partial charge in [0.05, 0.1) is 32.7 Å². The topological polar surface area (TPSA) is 107 Å². The molecule has 0 aliphatic heterocycles. The SMILES string of the molecule is COc1ccc(OC)c(Nc2ncnc(NCc3ccco3)c2N)c1. The Bertz CT molecular complexity index is 836. The molecule has 4 N–H and O–H groups in total. The van der Waals surface area contributed by atoms with Crippen molar-refractivity contribution in [2.24, 2.45) is 0 Å². The number of aromatic nitrogens is 2. The summed E-state index contributed by atoms with van der Waals surface area (Å²) in [7, 11) is 3.19. The van der Waals surface area contributed by atoms with Gasteiger partial charge in [0.25, 0.3) is 0 Å². The minimum absolute atomic E-state index is 0.388. The zero-order chi connectivity index (χ0) is 17.6. The lowest BCUT2D eigenvalue weighted by molar-refractivity contribution is 0.405. The van der Waals surface area contributed by atoms with Crippen LogP contribution < -0.4 is 25.8 Å². The molecule has 0 amide bonds. The summed E-state index contributed by atoms with van der Waals surface area (Å²) in [6.07, 6.45) is 3.04. The fourth-order valence-corrected chi connectivity index (χ4v) is 2.26. The number of hydrogen-bond donors (Lipinski definition) is 3. The summed E-state index contributed by atoms with van der Waals surface area (Å²) in [4.78, 5) is 8.37. The van der Waals surface area contributed by atoms with E-state index in [0.29, 0.717) is 41.1 Å². The van der Waals surface area contributed by atoms with Crippen LogP contribution in [-0.4, -0.2) is 24.2 Å². The van der Waals surface area contributed by atoms with Crippen LogP contribution in [0.25, 0.3) is 0 Å². The van der Waals surface area contributed by atoms with Crippen LogP contribution in [0.4, 0.5) is 23.0 Å². The number of anilines is 4. The number of rotatable bonds is 7. The molecular formula is C17H19N5O3. The van der Waals surface area contributed by atoms with E-state index in [1.165, 1.54) is 6.33 Å². The van der Waals surface area contributed by atoms with Gasteiger partial charge < -0.3 is 30.3 Å². The second-order valence-electron chi connectivity index (χ2n) is 5.11. The number of methoxy groups -OCH3 is 2. The molecule has 25 heavy (non-hydrogen) atoms. The largest absolute Gasteiger partial charge is 0.497 e.